The molecule has 0 amide bonds. The number of hydrogen-bond donors (Lipinski definition) is 0. The topological polar surface area (TPSA) is 0 Å². The predicted molar refractivity (Wildman–Crippen MR) is 61.4 cm³/mol. The van der Waals surface area contributed by atoms with Gasteiger partial charge >= 0.3 is 0 Å². The largest absolute Gasteiger partial charge is 0.204 e. The minimum absolute atomic E-state index is 0.288. The summed E-state index contributed by atoms with van der Waals surface area (Å²) in [4.78, 5) is 0. The van der Waals surface area contributed by atoms with Crippen LogP contribution in [0.4, 0.5) is 8.78 Å². The molecule has 16 heavy (non-hydrogen) atoms. The molecule has 0 bridgehead atoms. The molecule has 86 valence electrons. The van der Waals surface area contributed by atoms with Crippen molar-refractivity contribution in [1.29, 1.82) is 0 Å². The Labute approximate surface area is 95.0 Å². The highest BCUT2D eigenvalue weighted by Crippen LogP contribution is 2.39. The first-order chi connectivity index (χ1) is 7.63. The second-order valence-corrected chi connectivity index (χ2v) is 4.61. The molecule has 0 heterocycles. The van der Waals surface area contributed by atoms with Crippen molar-refractivity contribution >= 4 is 0 Å². The quantitative estimate of drug-likeness (QED) is 0.658. The number of allylic oxidation sites excluding steroid dienone is 1. The van der Waals surface area contributed by atoms with E-state index >= 15 is 0 Å². The number of fused-ring (bicyclic) bond motifs is 1. The summed E-state index contributed by atoms with van der Waals surface area (Å²) in [5, 5.41) is 0. The molecule has 1 aromatic rings. The highest BCUT2D eigenvalue weighted by atomic mass is 19.2. The highest BCUT2D eigenvalue weighted by Gasteiger charge is 2.26. The fourth-order valence-corrected chi connectivity index (χ4v) is 2.59. The van der Waals surface area contributed by atoms with Gasteiger partial charge in [0.2, 0.25) is 0 Å². The first-order valence-corrected chi connectivity index (χ1v) is 5.72. The van der Waals surface area contributed by atoms with Crippen LogP contribution in [-0.2, 0) is 6.42 Å². The van der Waals surface area contributed by atoms with Gasteiger partial charge in [0.15, 0.2) is 11.6 Å². The molecule has 1 aromatic carbocycles. The van der Waals surface area contributed by atoms with Crippen LogP contribution in [-0.4, -0.2) is 0 Å². The zero-order chi connectivity index (χ0) is 11.7. The van der Waals surface area contributed by atoms with Crippen molar-refractivity contribution < 1.29 is 8.78 Å². The lowest BCUT2D eigenvalue weighted by molar-refractivity contribution is 0.398. The average molecular weight is 222 g/mol. The lowest BCUT2D eigenvalue weighted by Crippen LogP contribution is -2.18. The maximum absolute atomic E-state index is 13.2. The second-order valence-electron chi connectivity index (χ2n) is 4.61. The molecule has 2 heteroatoms. The summed E-state index contributed by atoms with van der Waals surface area (Å²) in [6.07, 6.45) is 4.58. The Bertz CT molecular complexity index is 409. The maximum atomic E-state index is 13.2. The Morgan fingerprint density at radius 1 is 1.38 bits per heavy atom. The Balaban J connectivity index is 2.45. The fourth-order valence-electron chi connectivity index (χ4n) is 2.59. The third-order valence-electron chi connectivity index (χ3n) is 3.56. The summed E-state index contributed by atoms with van der Waals surface area (Å²) in [6.45, 7) is 5.90. The van der Waals surface area contributed by atoms with Gasteiger partial charge in [0.05, 0.1) is 0 Å². The molecule has 0 aliphatic heterocycles. The van der Waals surface area contributed by atoms with Gasteiger partial charge < -0.3 is 0 Å². The van der Waals surface area contributed by atoms with E-state index in [-0.39, 0.29) is 5.92 Å². The summed E-state index contributed by atoms with van der Waals surface area (Å²) >= 11 is 0. The number of aryl methyl sites for hydroxylation is 1. The second kappa shape index (κ2) is 4.36. The summed E-state index contributed by atoms with van der Waals surface area (Å²) in [5.74, 6) is -0.667. The monoisotopic (exact) mass is 222 g/mol. The van der Waals surface area contributed by atoms with Crippen molar-refractivity contribution in [3.63, 3.8) is 0 Å². The summed E-state index contributed by atoms with van der Waals surface area (Å²) in [6, 6.07) is 2.72. The number of rotatable bonds is 2. The molecule has 0 spiro atoms. The van der Waals surface area contributed by atoms with E-state index in [1.807, 2.05) is 6.08 Å². The van der Waals surface area contributed by atoms with Crippen LogP contribution in [0.5, 0.6) is 0 Å². The van der Waals surface area contributed by atoms with Crippen molar-refractivity contribution in [1.82, 2.24) is 0 Å². The molecule has 0 N–H and O–H groups in total. The highest BCUT2D eigenvalue weighted by molar-refractivity contribution is 5.35. The van der Waals surface area contributed by atoms with Crippen molar-refractivity contribution in [2.24, 2.45) is 5.92 Å². The van der Waals surface area contributed by atoms with E-state index in [4.69, 9.17) is 0 Å². The summed E-state index contributed by atoms with van der Waals surface area (Å²) in [7, 11) is 0. The molecule has 0 radical (unpaired) electrons. The van der Waals surface area contributed by atoms with E-state index in [0.29, 0.717) is 5.92 Å². The van der Waals surface area contributed by atoms with Gasteiger partial charge in [-0.3, -0.25) is 0 Å². The molecule has 2 atom stereocenters. The standard InChI is InChI=1S/C14H16F2/c1-3-4-11-9(2)5-6-10-7-13(15)14(16)8-12(10)11/h3,7-9,11H,1,4-6H2,2H3. The minimum Gasteiger partial charge on any atom is -0.204 e. The van der Waals surface area contributed by atoms with Gasteiger partial charge in [0.25, 0.3) is 0 Å². The van der Waals surface area contributed by atoms with Crippen molar-refractivity contribution in [3.8, 4) is 0 Å². The van der Waals surface area contributed by atoms with Crippen LogP contribution in [0.15, 0.2) is 24.8 Å². The van der Waals surface area contributed by atoms with Crippen LogP contribution in [0.25, 0.3) is 0 Å². The van der Waals surface area contributed by atoms with E-state index in [9.17, 15) is 8.78 Å². The van der Waals surface area contributed by atoms with Gasteiger partial charge in [-0.2, -0.15) is 0 Å². The number of halogens is 2. The van der Waals surface area contributed by atoms with Gasteiger partial charge in [-0.15, -0.1) is 6.58 Å². The van der Waals surface area contributed by atoms with Crippen molar-refractivity contribution in [2.45, 2.75) is 32.1 Å². The normalized spacial score (nSPS) is 23.9. The van der Waals surface area contributed by atoms with E-state index in [1.165, 1.54) is 12.1 Å². The molecule has 0 saturated carbocycles. The zero-order valence-electron chi connectivity index (χ0n) is 9.47. The Morgan fingerprint density at radius 2 is 2.06 bits per heavy atom. The van der Waals surface area contributed by atoms with Crippen LogP contribution in [0, 0.1) is 17.6 Å². The molecule has 2 rings (SSSR count). The van der Waals surface area contributed by atoms with Gasteiger partial charge in [-0.05, 0) is 54.4 Å². The third-order valence-corrected chi connectivity index (χ3v) is 3.56. The smallest absolute Gasteiger partial charge is 0.159 e. The van der Waals surface area contributed by atoms with E-state index in [1.54, 1.807) is 0 Å². The molecule has 0 fully saturated rings. The summed E-state index contributed by atoms with van der Waals surface area (Å²) < 4.78 is 26.4. The Hall–Kier alpha value is -1.18. The van der Waals surface area contributed by atoms with Gasteiger partial charge in [0, 0.05) is 0 Å². The SMILES string of the molecule is C=CCC1c2cc(F)c(F)cc2CCC1C. The first-order valence-electron chi connectivity index (χ1n) is 5.72. The molecule has 1 aliphatic rings. The molecule has 0 aromatic heterocycles. The van der Waals surface area contributed by atoms with Crippen LogP contribution in [0.2, 0.25) is 0 Å². The lowest BCUT2D eigenvalue weighted by Gasteiger charge is -2.30. The van der Waals surface area contributed by atoms with E-state index in [0.717, 1.165) is 30.4 Å². The molecular formula is C14H16F2. The van der Waals surface area contributed by atoms with E-state index < -0.39 is 11.6 Å². The molecule has 2 unspecified atom stereocenters. The summed E-state index contributed by atoms with van der Waals surface area (Å²) in [5.41, 5.74) is 1.93. The van der Waals surface area contributed by atoms with E-state index in [2.05, 4.69) is 13.5 Å². The minimum atomic E-state index is -0.734. The third kappa shape index (κ3) is 1.89. The Kier molecular flexibility index (Phi) is 3.08. The van der Waals surface area contributed by atoms with Crippen LogP contribution in [0.3, 0.4) is 0 Å². The number of hydrogen-bond acceptors (Lipinski definition) is 0. The first kappa shape index (κ1) is 11.3. The maximum Gasteiger partial charge on any atom is 0.159 e. The van der Waals surface area contributed by atoms with Crippen molar-refractivity contribution in [2.75, 3.05) is 0 Å². The van der Waals surface area contributed by atoms with Crippen LogP contribution in [0.1, 0.15) is 36.8 Å². The van der Waals surface area contributed by atoms with Gasteiger partial charge in [0.1, 0.15) is 0 Å². The van der Waals surface area contributed by atoms with Crippen LogP contribution < -0.4 is 0 Å². The zero-order valence-corrected chi connectivity index (χ0v) is 9.47. The van der Waals surface area contributed by atoms with Gasteiger partial charge in [-0.1, -0.05) is 13.0 Å². The lowest BCUT2D eigenvalue weighted by atomic mass is 9.74. The van der Waals surface area contributed by atoms with Crippen molar-refractivity contribution in [3.05, 3.63) is 47.5 Å². The predicted octanol–water partition coefficient (Wildman–Crippen LogP) is 4.21. The van der Waals surface area contributed by atoms with Gasteiger partial charge in [-0.25, -0.2) is 8.78 Å². The molecule has 0 saturated heterocycles. The Morgan fingerprint density at radius 3 is 2.75 bits per heavy atom. The molecule has 1 aliphatic carbocycles. The fraction of sp³-hybridized carbons (Fsp3) is 0.429. The molecule has 0 nitrogen and oxygen atoms in total. The van der Waals surface area contributed by atoms with Crippen LogP contribution >= 0.6 is 0 Å². The molecular weight excluding hydrogens is 206 g/mol. The average Bonchev–Trinajstić information content (AvgIpc) is 2.25. The number of benzene rings is 1.